The number of carboxylic acids is 1. The van der Waals surface area contributed by atoms with Crippen molar-refractivity contribution in [2.45, 2.75) is 32.7 Å². The highest BCUT2D eigenvalue weighted by Gasteiger charge is 2.17. The van der Waals surface area contributed by atoms with Crippen LogP contribution < -0.4 is 4.90 Å². The molecule has 0 bridgehead atoms. The van der Waals surface area contributed by atoms with Gasteiger partial charge in [-0.3, -0.25) is 9.78 Å². The predicted octanol–water partition coefficient (Wildman–Crippen LogP) is 2.97. The average molecular weight is 296 g/mol. The van der Waals surface area contributed by atoms with Gasteiger partial charge in [0.25, 0.3) is 0 Å². The standard InChI is InChI=1S/C18H20N2O2/c1-13-10-17(6-8-19-13)20-9-7-15-11-14(3-5-18(21)22)2-4-16(15)12-20/h2,4,6,8,10-11H,3,5,7,9,12H2,1H3,(H,21,22). The van der Waals surface area contributed by atoms with Crippen LogP contribution in [0.15, 0.2) is 36.5 Å². The van der Waals surface area contributed by atoms with Crippen LogP contribution in [0.25, 0.3) is 0 Å². The minimum absolute atomic E-state index is 0.196. The van der Waals surface area contributed by atoms with Gasteiger partial charge in [-0.1, -0.05) is 18.2 Å². The van der Waals surface area contributed by atoms with Crippen molar-refractivity contribution < 1.29 is 9.90 Å². The molecule has 1 N–H and O–H groups in total. The summed E-state index contributed by atoms with van der Waals surface area (Å²) in [6, 6.07) is 10.6. The van der Waals surface area contributed by atoms with Crippen LogP contribution in [0.4, 0.5) is 5.69 Å². The van der Waals surface area contributed by atoms with Crippen LogP contribution >= 0.6 is 0 Å². The van der Waals surface area contributed by atoms with E-state index in [0.29, 0.717) is 6.42 Å². The lowest BCUT2D eigenvalue weighted by atomic mass is 9.95. The minimum atomic E-state index is -0.739. The highest BCUT2D eigenvalue weighted by atomic mass is 16.4. The molecule has 22 heavy (non-hydrogen) atoms. The zero-order valence-electron chi connectivity index (χ0n) is 12.7. The van der Waals surface area contributed by atoms with Crippen LogP contribution in [0.2, 0.25) is 0 Å². The Morgan fingerprint density at radius 2 is 2.14 bits per heavy atom. The van der Waals surface area contributed by atoms with Gasteiger partial charge in [0.1, 0.15) is 0 Å². The van der Waals surface area contributed by atoms with Crippen LogP contribution in [0.3, 0.4) is 0 Å². The van der Waals surface area contributed by atoms with E-state index in [1.807, 2.05) is 13.1 Å². The Balaban J connectivity index is 1.75. The minimum Gasteiger partial charge on any atom is -0.481 e. The van der Waals surface area contributed by atoms with E-state index in [9.17, 15) is 4.79 Å². The number of aliphatic carboxylic acids is 1. The fourth-order valence-electron chi connectivity index (χ4n) is 2.96. The Hall–Kier alpha value is -2.36. The van der Waals surface area contributed by atoms with E-state index in [2.05, 4.69) is 40.2 Å². The molecule has 4 nitrogen and oxygen atoms in total. The number of hydrogen-bond donors (Lipinski definition) is 1. The number of carboxylic acid groups (broad SMARTS) is 1. The Morgan fingerprint density at radius 1 is 1.27 bits per heavy atom. The molecule has 114 valence electrons. The van der Waals surface area contributed by atoms with Gasteiger partial charge >= 0.3 is 5.97 Å². The Labute approximate surface area is 130 Å². The normalized spacial score (nSPS) is 13.8. The first-order valence-electron chi connectivity index (χ1n) is 7.62. The van der Waals surface area contributed by atoms with Crippen molar-refractivity contribution in [2.75, 3.05) is 11.4 Å². The van der Waals surface area contributed by atoms with E-state index in [-0.39, 0.29) is 6.42 Å². The fourth-order valence-corrected chi connectivity index (χ4v) is 2.96. The molecule has 1 aliphatic rings. The first-order chi connectivity index (χ1) is 10.6. The van der Waals surface area contributed by atoms with Crippen molar-refractivity contribution in [3.8, 4) is 0 Å². The summed E-state index contributed by atoms with van der Waals surface area (Å²) in [5.74, 6) is -0.739. The molecule has 0 atom stereocenters. The lowest BCUT2D eigenvalue weighted by molar-refractivity contribution is -0.136. The summed E-state index contributed by atoms with van der Waals surface area (Å²) in [4.78, 5) is 17.3. The van der Waals surface area contributed by atoms with Gasteiger partial charge in [-0.2, -0.15) is 0 Å². The molecule has 4 heteroatoms. The lowest BCUT2D eigenvalue weighted by Gasteiger charge is -2.31. The second-order valence-electron chi connectivity index (χ2n) is 5.82. The molecule has 0 fully saturated rings. The third kappa shape index (κ3) is 3.27. The van der Waals surface area contributed by atoms with Gasteiger partial charge in [-0.05, 0) is 48.6 Å². The lowest BCUT2D eigenvalue weighted by Crippen LogP contribution is -2.30. The second-order valence-corrected chi connectivity index (χ2v) is 5.82. The van der Waals surface area contributed by atoms with Gasteiger partial charge in [-0.25, -0.2) is 0 Å². The van der Waals surface area contributed by atoms with Crippen molar-refractivity contribution in [1.29, 1.82) is 0 Å². The van der Waals surface area contributed by atoms with Crippen molar-refractivity contribution in [2.24, 2.45) is 0 Å². The number of aryl methyl sites for hydroxylation is 2. The largest absolute Gasteiger partial charge is 0.481 e. The molecular weight excluding hydrogens is 276 g/mol. The Kier molecular flexibility index (Phi) is 4.09. The number of hydrogen-bond acceptors (Lipinski definition) is 3. The molecule has 0 saturated heterocycles. The third-order valence-electron chi connectivity index (χ3n) is 4.16. The molecule has 2 aromatic rings. The van der Waals surface area contributed by atoms with Crippen LogP contribution in [0.5, 0.6) is 0 Å². The number of pyridine rings is 1. The van der Waals surface area contributed by atoms with Gasteiger partial charge in [0.2, 0.25) is 0 Å². The van der Waals surface area contributed by atoms with Gasteiger partial charge in [0, 0.05) is 37.1 Å². The number of rotatable bonds is 4. The summed E-state index contributed by atoms with van der Waals surface area (Å²) in [7, 11) is 0. The molecule has 0 unspecified atom stereocenters. The maximum Gasteiger partial charge on any atom is 0.303 e. The number of carbonyl (C=O) groups is 1. The fraction of sp³-hybridized carbons (Fsp3) is 0.333. The molecular formula is C18H20N2O2. The summed E-state index contributed by atoms with van der Waals surface area (Å²) < 4.78 is 0. The van der Waals surface area contributed by atoms with Gasteiger partial charge in [-0.15, -0.1) is 0 Å². The zero-order chi connectivity index (χ0) is 15.5. The molecule has 0 aliphatic carbocycles. The Morgan fingerprint density at radius 3 is 2.91 bits per heavy atom. The average Bonchev–Trinajstić information content (AvgIpc) is 2.52. The number of nitrogens with zero attached hydrogens (tertiary/aromatic N) is 2. The predicted molar refractivity (Wildman–Crippen MR) is 86.1 cm³/mol. The summed E-state index contributed by atoms with van der Waals surface area (Å²) in [5, 5.41) is 8.78. The van der Waals surface area contributed by atoms with Gasteiger partial charge in [0.15, 0.2) is 0 Å². The van der Waals surface area contributed by atoms with Crippen LogP contribution in [0, 0.1) is 6.92 Å². The Bertz CT molecular complexity index is 697. The molecule has 1 aromatic carbocycles. The van der Waals surface area contributed by atoms with E-state index in [1.165, 1.54) is 16.8 Å². The molecule has 3 rings (SSSR count). The van der Waals surface area contributed by atoms with Gasteiger partial charge in [0.05, 0.1) is 0 Å². The summed E-state index contributed by atoms with van der Waals surface area (Å²) >= 11 is 0. The van der Waals surface area contributed by atoms with Crippen molar-refractivity contribution >= 4 is 11.7 Å². The molecule has 2 heterocycles. The van der Waals surface area contributed by atoms with Crippen LogP contribution in [-0.4, -0.2) is 22.6 Å². The molecule has 0 radical (unpaired) electrons. The van der Waals surface area contributed by atoms with E-state index >= 15 is 0 Å². The van der Waals surface area contributed by atoms with E-state index < -0.39 is 5.97 Å². The summed E-state index contributed by atoms with van der Waals surface area (Å²) in [6.45, 7) is 3.90. The second kappa shape index (κ2) is 6.18. The smallest absolute Gasteiger partial charge is 0.303 e. The van der Waals surface area contributed by atoms with E-state index in [0.717, 1.165) is 30.8 Å². The monoisotopic (exact) mass is 296 g/mol. The van der Waals surface area contributed by atoms with E-state index in [4.69, 9.17) is 5.11 Å². The molecule has 0 spiro atoms. The first-order valence-corrected chi connectivity index (χ1v) is 7.62. The summed E-state index contributed by atoms with van der Waals surface area (Å²) in [5.41, 5.74) is 6.06. The maximum absolute atomic E-state index is 10.7. The van der Waals surface area contributed by atoms with E-state index in [1.54, 1.807) is 0 Å². The van der Waals surface area contributed by atoms with Crippen molar-refractivity contribution in [3.05, 3.63) is 58.9 Å². The highest BCUT2D eigenvalue weighted by molar-refractivity contribution is 5.67. The first kappa shape index (κ1) is 14.6. The summed E-state index contributed by atoms with van der Waals surface area (Å²) in [6.07, 6.45) is 3.66. The number of benzene rings is 1. The topological polar surface area (TPSA) is 53.4 Å². The molecule has 1 aliphatic heterocycles. The van der Waals surface area contributed by atoms with Gasteiger partial charge < -0.3 is 10.0 Å². The zero-order valence-corrected chi connectivity index (χ0v) is 12.7. The third-order valence-corrected chi connectivity index (χ3v) is 4.16. The molecule has 1 aromatic heterocycles. The number of aromatic nitrogens is 1. The number of anilines is 1. The maximum atomic E-state index is 10.7. The number of fused-ring (bicyclic) bond motifs is 1. The van der Waals surface area contributed by atoms with Crippen molar-refractivity contribution in [1.82, 2.24) is 4.98 Å². The highest BCUT2D eigenvalue weighted by Crippen LogP contribution is 2.25. The molecule has 0 amide bonds. The van der Waals surface area contributed by atoms with Crippen molar-refractivity contribution in [3.63, 3.8) is 0 Å². The SMILES string of the molecule is Cc1cc(N2CCc3cc(CCC(=O)O)ccc3C2)ccn1. The van der Waals surface area contributed by atoms with Crippen LogP contribution in [-0.2, 0) is 24.2 Å². The quantitative estimate of drug-likeness (QED) is 0.942. The van der Waals surface area contributed by atoms with Crippen LogP contribution in [0.1, 0.15) is 28.8 Å². The molecule has 0 saturated carbocycles.